The molecule has 2 aliphatic rings. The normalized spacial score (nSPS) is 29.9. The summed E-state index contributed by atoms with van der Waals surface area (Å²) in [4.78, 5) is 12.1. The molecule has 2 atom stereocenters. The molecule has 2 saturated carbocycles. The fourth-order valence-corrected chi connectivity index (χ4v) is 3.27. The minimum atomic E-state index is 0.207. The topological polar surface area (TPSA) is 29.1 Å². The van der Waals surface area contributed by atoms with E-state index < -0.39 is 0 Å². The van der Waals surface area contributed by atoms with Gasteiger partial charge in [0.15, 0.2) is 0 Å². The minimum Gasteiger partial charge on any atom is -0.326 e. The van der Waals surface area contributed by atoms with Gasteiger partial charge in [-0.3, -0.25) is 4.79 Å². The highest BCUT2D eigenvalue weighted by Gasteiger charge is 2.47. The molecule has 1 aromatic rings. The Kier molecular flexibility index (Phi) is 2.74. The summed E-state index contributed by atoms with van der Waals surface area (Å²) in [5.74, 6) is 2.17. The van der Waals surface area contributed by atoms with Gasteiger partial charge < -0.3 is 5.32 Å². The highest BCUT2D eigenvalue weighted by molar-refractivity contribution is 9.10. The summed E-state index contributed by atoms with van der Waals surface area (Å²) >= 11 is 3.48. The Balaban J connectivity index is 1.69. The Labute approximate surface area is 110 Å². The second-order valence-corrected chi connectivity index (χ2v) is 6.18. The molecule has 17 heavy (non-hydrogen) atoms. The second kappa shape index (κ2) is 4.13. The van der Waals surface area contributed by atoms with E-state index in [2.05, 4.69) is 21.2 Å². The molecule has 0 spiro atoms. The van der Waals surface area contributed by atoms with Crippen LogP contribution in [0.2, 0.25) is 0 Å². The molecule has 1 aromatic carbocycles. The number of halogens is 1. The summed E-state index contributed by atoms with van der Waals surface area (Å²) in [6.07, 6.45) is 3.56. The van der Waals surface area contributed by atoms with Gasteiger partial charge in [0.1, 0.15) is 0 Å². The molecule has 90 valence electrons. The number of amides is 1. The van der Waals surface area contributed by atoms with Gasteiger partial charge in [-0.2, -0.15) is 0 Å². The van der Waals surface area contributed by atoms with Crippen molar-refractivity contribution in [2.75, 3.05) is 5.32 Å². The lowest BCUT2D eigenvalue weighted by Gasteiger charge is -2.14. The van der Waals surface area contributed by atoms with Gasteiger partial charge in [-0.1, -0.05) is 22.0 Å². The molecular formula is C14H16BrNO. The van der Waals surface area contributed by atoms with Crippen LogP contribution >= 0.6 is 15.9 Å². The van der Waals surface area contributed by atoms with Crippen LogP contribution in [0.15, 0.2) is 22.7 Å². The van der Waals surface area contributed by atoms with E-state index in [0.717, 1.165) is 40.4 Å². The molecule has 3 rings (SSSR count). The maximum absolute atomic E-state index is 12.1. The molecule has 0 heterocycles. The lowest BCUT2D eigenvalue weighted by Crippen LogP contribution is -2.22. The third kappa shape index (κ3) is 2.13. The lowest BCUT2D eigenvalue weighted by atomic mass is 10.0. The monoisotopic (exact) mass is 293 g/mol. The van der Waals surface area contributed by atoms with Crippen LogP contribution in [-0.4, -0.2) is 5.91 Å². The van der Waals surface area contributed by atoms with Crippen LogP contribution in [0.4, 0.5) is 5.69 Å². The molecular weight excluding hydrogens is 278 g/mol. The fourth-order valence-electron chi connectivity index (χ4n) is 2.91. The second-order valence-electron chi connectivity index (χ2n) is 5.33. The van der Waals surface area contributed by atoms with Crippen LogP contribution in [-0.2, 0) is 4.79 Å². The van der Waals surface area contributed by atoms with Gasteiger partial charge in [0.05, 0.1) is 0 Å². The number of benzene rings is 1. The lowest BCUT2D eigenvalue weighted by molar-refractivity contribution is -0.120. The fraction of sp³-hybridized carbons (Fsp3) is 0.500. The number of nitrogens with one attached hydrogen (secondary N) is 1. The SMILES string of the molecule is Cc1c(Br)cccc1NC(=O)C1CC2CC2C1. The maximum Gasteiger partial charge on any atom is 0.227 e. The van der Waals surface area contributed by atoms with Crippen LogP contribution < -0.4 is 5.32 Å². The van der Waals surface area contributed by atoms with Crippen molar-refractivity contribution in [1.29, 1.82) is 0 Å². The number of anilines is 1. The van der Waals surface area contributed by atoms with E-state index in [4.69, 9.17) is 0 Å². The predicted molar refractivity (Wildman–Crippen MR) is 71.8 cm³/mol. The van der Waals surface area contributed by atoms with Crippen molar-refractivity contribution >= 4 is 27.5 Å². The molecule has 0 bridgehead atoms. The van der Waals surface area contributed by atoms with Crippen molar-refractivity contribution in [3.8, 4) is 0 Å². The highest BCUT2D eigenvalue weighted by Crippen LogP contribution is 2.54. The number of hydrogen-bond donors (Lipinski definition) is 1. The zero-order chi connectivity index (χ0) is 12.0. The van der Waals surface area contributed by atoms with Crippen LogP contribution in [0.1, 0.15) is 24.8 Å². The summed E-state index contributed by atoms with van der Waals surface area (Å²) in [5, 5.41) is 3.07. The number of fused-ring (bicyclic) bond motifs is 1. The van der Waals surface area contributed by atoms with Gasteiger partial charge in [0.2, 0.25) is 5.91 Å². The quantitative estimate of drug-likeness (QED) is 0.884. The van der Waals surface area contributed by atoms with Crippen molar-refractivity contribution < 1.29 is 4.79 Å². The van der Waals surface area contributed by atoms with Gasteiger partial charge in [-0.25, -0.2) is 0 Å². The zero-order valence-corrected chi connectivity index (χ0v) is 11.5. The van der Waals surface area contributed by atoms with Gasteiger partial charge in [-0.15, -0.1) is 0 Å². The largest absolute Gasteiger partial charge is 0.326 e. The molecule has 0 aromatic heterocycles. The van der Waals surface area contributed by atoms with Crippen LogP contribution in [0.5, 0.6) is 0 Å². The van der Waals surface area contributed by atoms with Crippen LogP contribution in [0, 0.1) is 24.7 Å². The minimum absolute atomic E-state index is 0.207. The first-order chi connectivity index (χ1) is 8.15. The van der Waals surface area contributed by atoms with Gasteiger partial charge in [-0.05, 0) is 55.7 Å². The van der Waals surface area contributed by atoms with Gasteiger partial charge >= 0.3 is 0 Å². The Morgan fingerprint density at radius 2 is 2.00 bits per heavy atom. The van der Waals surface area contributed by atoms with E-state index in [1.165, 1.54) is 6.42 Å². The summed E-state index contributed by atoms with van der Waals surface area (Å²) in [6.45, 7) is 2.02. The maximum atomic E-state index is 12.1. The first-order valence-electron chi connectivity index (χ1n) is 6.21. The van der Waals surface area contributed by atoms with Gasteiger partial charge in [0, 0.05) is 16.1 Å². The molecule has 2 aliphatic carbocycles. The molecule has 1 amide bonds. The molecule has 0 saturated heterocycles. The molecule has 2 nitrogen and oxygen atoms in total. The van der Waals surface area contributed by atoms with Crippen molar-refractivity contribution in [2.45, 2.75) is 26.2 Å². The zero-order valence-electron chi connectivity index (χ0n) is 9.87. The molecule has 0 aliphatic heterocycles. The smallest absolute Gasteiger partial charge is 0.227 e. The van der Waals surface area contributed by atoms with E-state index in [-0.39, 0.29) is 11.8 Å². The Morgan fingerprint density at radius 3 is 2.71 bits per heavy atom. The first-order valence-corrected chi connectivity index (χ1v) is 7.00. The first kappa shape index (κ1) is 11.3. The summed E-state index contributed by atoms with van der Waals surface area (Å²) < 4.78 is 1.05. The Bertz CT molecular complexity index is 461. The summed E-state index contributed by atoms with van der Waals surface area (Å²) in [6, 6.07) is 5.92. The third-order valence-electron chi connectivity index (χ3n) is 4.14. The van der Waals surface area contributed by atoms with E-state index in [1.807, 2.05) is 25.1 Å². The van der Waals surface area contributed by atoms with E-state index in [1.54, 1.807) is 0 Å². The van der Waals surface area contributed by atoms with Crippen LogP contribution in [0.3, 0.4) is 0 Å². The standard InChI is InChI=1S/C14H16BrNO/c1-8-12(15)3-2-4-13(8)16-14(17)11-6-9-5-10(9)7-11/h2-4,9-11H,5-7H2,1H3,(H,16,17). The molecule has 2 fully saturated rings. The molecule has 2 unspecified atom stereocenters. The molecule has 0 radical (unpaired) electrons. The van der Waals surface area contributed by atoms with Crippen LogP contribution in [0.25, 0.3) is 0 Å². The average Bonchev–Trinajstić information content (AvgIpc) is 2.92. The van der Waals surface area contributed by atoms with Crippen molar-refractivity contribution in [3.63, 3.8) is 0 Å². The van der Waals surface area contributed by atoms with Crippen molar-refractivity contribution in [3.05, 3.63) is 28.2 Å². The van der Waals surface area contributed by atoms with E-state index in [0.29, 0.717) is 0 Å². The Hall–Kier alpha value is -0.830. The van der Waals surface area contributed by atoms with Crippen molar-refractivity contribution in [2.24, 2.45) is 17.8 Å². The number of hydrogen-bond acceptors (Lipinski definition) is 1. The number of rotatable bonds is 2. The highest BCUT2D eigenvalue weighted by atomic mass is 79.9. The number of carbonyl (C=O) groups is 1. The third-order valence-corrected chi connectivity index (χ3v) is 5.00. The molecule has 1 N–H and O–H groups in total. The summed E-state index contributed by atoms with van der Waals surface area (Å²) in [7, 11) is 0. The number of carbonyl (C=O) groups excluding carboxylic acids is 1. The summed E-state index contributed by atoms with van der Waals surface area (Å²) in [5.41, 5.74) is 2.04. The molecule has 3 heteroatoms. The van der Waals surface area contributed by atoms with E-state index in [9.17, 15) is 4.79 Å². The average molecular weight is 294 g/mol. The Morgan fingerprint density at radius 1 is 1.29 bits per heavy atom. The van der Waals surface area contributed by atoms with Crippen molar-refractivity contribution in [1.82, 2.24) is 0 Å². The predicted octanol–water partition coefficient (Wildman–Crippen LogP) is 3.74. The van der Waals surface area contributed by atoms with Gasteiger partial charge in [0.25, 0.3) is 0 Å². The van der Waals surface area contributed by atoms with E-state index >= 15 is 0 Å².